The van der Waals surface area contributed by atoms with Gasteiger partial charge in [-0.25, -0.2) is 0 Å². The number of thioether (sulfide) groups is 1. The Morgan fingerprint density at radius 3 is 2.74 bits per heavy atom. The number of aromatic nitrogens is 4. The number of nitrogens with zero attached hydrogens (tertiary/aromatic N) is 3. The van der Waals surface area contributed by atoms with E-state index < -0.39 is 0 Å². The Bertz CT molecular complexity index is 658. The lowest BCUT2D eigenvalue weighted by Gasteiger charge is -2.27. The molecule has 1 aliphatic rings. The summed E-state index contributed by atoms with van der Waals surface area (Å²) in [5.74, 6) is 0. The normalized spacial score (nSPS) is 18.5. The van der Waals surface area contributed by atoms with Crippen molar-refractivity contribution in [1.82, 2.24) is 19.3 Å². The molecule has 0 unspecified atom stereocenters. The number of hydrogen-bond donors (Lipinski definition) is 1. The minimum atomic E-state index is 0.353. The first-order chi connectivity index (χ1) is 9.06. The van der Waals surface area contributed by atoms with Crippen LogP contribution in [0.4, 0.5) is 0 Å². The highest BCUT2D eigenvalue weighted by atomic mass is 32.2. The summed E-state index contributed by atoms with van der Waals surface area (Å²) in [6.45, 7) is 3.02. The minimum absolute atomic E-state index is 0.353. The molecule has 3 rings (SSSR count). The molecule has 2 heterocycles. The molecule has 0 spiro atoms. The molecule has 0 radical (unpaired) electrons. The summed E-state index contributed by atoms with van der Waals surface area (Å²) < 4.78 is 5.37. The zero-order valence-electron chi connectivity index (χ0n) is 11.7. The van der Waals surface area contributed by atoms with E-state index in [9.17, 15) is 0 Å². The molecule has 1 N–H and O–H groups in total. The van der Waals surface area contributed by atoms with Crippen LogP contribution in [0.15, 0.2) is 0 Å². The number of H-pyrrole nitrogens is 1. The molecule has 0 bridgehead atoms. The fourth-order valence-electron chi connectivity index (χ4n) is 3.25. The van der Waals surface area contributed by atoms with Crippen molar-refractivity contribution >= 4 is 35.1 Å². The number of aryl methyl sites for hydroxylation is 2. The molecular formula is C13H20N4S2. The molecule has 2 aromatic rings. The van der Waals surface area contributed by atoms with Crippen molar-refractivity contribution in [3.63, 3.8) is 0 Å². The van der Waals surface area contributed by atoms with Gasteiger partial charge in [-0.15, -0.1) is 0 Å². The lowest BCUT2D eigenvalue weighted by Crippen LogP contribution is -2.27. The van der Waals surface area contributed by atoms with Gasteiger partial charge in [-0.05, 0) is 38.2 Å². The van der Waals surface area contributed by atoms with Crippen LogP contribution >= 0.6 is 24.0 Å². The van der Waals surface area contributed by atoms with Crippen molar-refractivity contribution in [2.45, 2.75) is 43.9 Å². The van der Waals surface area contributed by atoms with Gasteiger partial charge in [0.1, 0.15) is 5.52 Å². The average Bonchev–Trinajstić information content (AvgIpc) is 3.02. The van der Waals surface area contributed by atoms with Crippen LogP contribution in [0.2, 0.25) is 0 Å². The van der Waals surface area contributed by atoms with Crippen LogP contribution in [0.1, 0.15) is 31.4 Å². The van der Waals surface area contributed by atoms with Gasteiger partial charge in [-0.3, -0.25) is 4.68 Å². The monoisotopic (exact) mass is 296 g/mol. The van der Waals surface area contributed by atoms with Crippen LogP contribution in [0, 0.1) is 11.7 Å². The Hall–Kier alpha value is -0.750. The summed E-state index contributed by atoms with van der Waals surface area (Å²) in [6, 6.07) is 0. The van der Waals surface area contributed by atoms with Gasteiger partial charge >= 0.3 is 0 Å². The highest BCUT2D eigenvalue weighted by molar-refractivity contribution is 8.00. The van der Waals surface area contributed by atoms with Crippen molar-refractivity contribution < 1.29 is 0 Å². The molecular weight excluding hydrogens is 276 g/mol. The van der Waals surface area contributed by atoms with Gasteiger partial charge < -0.3 is 9.55 Å². The van der Waals surface area contributed by atoms with E-state index in [1.54, 1.807) is 0 Å². The highest BCUT2D eigenvalue weighted by Gasteiger charge is 2.34. The number of rotatable bonds is 3. The summed E-state index contributed by atoms with van der Waals surface area (Å²) in [5, 5.41) is 4.49. The predicted octanol–water partition coefficient (Wildman–Crippen LogP) is 3.42. The van der Waals surface area contributed by atoms with E-state index in [4.69, 9.17) is 12.2 Å². The van der Waals surface area contributed by atoms with Crippen molar-refractivity contribution in [3.05, 3.63) is 10.5 Å². The quantitative estimate of drug-likeness (QED) is 0.882. The first kappa shape index (κ1) is 13.2. The van der Waals surface area contributed by atoms with Gasteiger partial charge in [0.25, 0.3) is 0 Å². The number of hydrogen-bond acceptors (Lipinski definition) is 3. The van der Waals surface area contributed by atoms with E-state index in [0.29, 0.717) is 4.75 Å². The third-order valence-corrected chi connectivity index (χ3v) is 6.04. The van der Waals surface area contributed by atoms with E-state index in [1.165, 1.54) is 25.7 Å². The van der Waals surface area contributed by atoms with Crippen LogP contribution in [0.5, 0.6) is 0 Å². The van der Waals surface area contributed by atoms with Gasteiger partial charge in [0.05, 0.1) is 5.69 Å². The number of aromatic amines is 1. The summed E-state index contributed by atoms with van der Waals surface area (Å²) in [6.07, 6.45) is 7.49. The zero-order chi connectivity index (χ0) is 13.6. The largest absolute Gasteiger partial charge is 0.328 e. The molecule has 6 heteroatoms. The SMILES string of the molecule is CSC1(Cn2c(=S)[nH]c3c(C)nn(C)c32)CCCC1. The Kier molecular flexibility index (Phi) is 3.25. The second kappa shape index (κ2) is 4.66. The molecule has 104 valence electrons. The molecule has 1 fully saturated rings. The second-order valence-corrected chi connectivity index (χ2v) is 7.18. The lowest BCUT2D eigenvalue weighted by molar-refractivity contribution is 0.503. The molecule has 0 amide bonds. The van der Waals surface area contributed by atoms with Gasteiger partial charge in [0.2, 0.25) is 0 Å². The molecule has 1 saturated carbocycles. The van der Waals surface area contributed by atoms with Crippen molar-refractivity contribution in [2.75, 3.05) is 6.26 Å². The minimum Gasteiger partial charge on any atom is -0.328 e. The Morgan fingerprint density at radius 2 is 2.11 bits per heavy atom. The number of imidazole rings is 1. The summed E-state index contributed by atoms with van der Waals surface area (Å²) >= 11 is 7.51. The molecule has 0 aliphatic heterocycles. The first-order valence-corrected chi connectivity index (χ1v) is 8.37. The van der Waals surface area contributed by atoms with E-state index in [1.807, 2.05) is 30.4 Å². The molecule has 1 aliphatic carbocycles. The standard InChI is InChI=1S/C13H20N4S2/c1-9-10-11(16(2)15-9)17(12(18)14-10)8-13(19-3)6-4-5-7-13/h4-8H2,1-3H3,(H,14,18). The Labute approximate surface area is 122 Å². The maximum Gasteiger partial charge on any atom is 0.179 e. The maximum atomic E-state index is 5.52. The van der Waals surface area contributed by atoms with Crippen LogP contribution < -0.4 is 0 Å². The first-order valence-electron chi connectivity index (χ1n) is 6.74. The average molecular weight is 296 g/mol. The molecule has 4 nitrogen and oxygen atoms in total. The third kappa shape index (κ3) is 2.05. The van der Waals surface area contributed by atoms with Gasteiger partial charge in [-0.1, -0.05) is 12.8 Å². The molecule has 19 heavy (non-hydrogen) atoms. The molecule has 2 aromatic heterocycles. The fourth-order valence-corrected chi connectivity index (χ4v) is 4.46. The van der Waals surface area contributed by atoms with Crippen molar-refractivity contribution in [1.29, 1.82) is 0 Å². The van der Waals surface area contributed by atoms with Gasteiger partial charge in [-0.2, -0.15) is 16.9 Å². The van der Waals surface area contributed by atoms with Crippen LogP contribution in [-0.4, -0.2) is 30.3 Å². The van der Waals surface area contributed by atoms with E-state index in [0.717, 1.165) is 28.2 Å². The van der Waals surface area contributed by atoms with E-state index in [2.05, 4.69) is 20.9 Å². The van der Waals surface area contributed by atoms with Gasteiger partial charge in [0, 0.05) is 18.3 Å². The number of fused-ring (bicyclic) bond motifs is 1. The van der Waals surface area contributed by atoms with Crippen LogP contribution in [-0.2, 0) is 13.6 Å². The highest BCUT2D eigenvalue weighted by Crippen LogP contribution is 2.42. The molecule has 0 atom stereocenters. The van der Waals surface area contributed by atoms with Crippen LogP contribution in [0.25, 0.3) is 11.2 Å². The third-order valence-electron chi connectivity index (χ3n) is 4.32. The number of nitrogens with one attached hydrogen (secondary N) is 1. The predicted molar refractivity (Wildman–Crippen MR) is 83.3 cm³/mol. The molecule has 0 aromatic carbocycles. The maximum absolute atomic E-state index is 5.52. The van der Waals surface area contributed by atoms with Gasteiger partial charge in [0.15, 0.2) is 10.4 Å². The fraction of sp³-hybridized carbons (Fsp3) is 0.692. The molecule has 0 saturated heterocycles. The van der Waals surface area contributed by atoms with Crippen LogP contribution in [0.3, 0.4) is 0 Å². The summed E-state index contributed by atoms with van der Waals surface area (Å²) in [7, 11) is 1.99. The Balaban J connectivity index is 2.10. The van der Waals surface area contributed by atoms with Crippen molar-refractivity contribution in [2.24, 2.45) is 7.05 Å². The lowest BCUT2D eigenvalue weighted by atomic mass is 10.1. The second-order valence-electron chi connectivity index (χ2n) is 5.52. The summed E-state index contributed by atoms with van der Waals surface area (Å²) in [4.78, 5) is 3.32. The smallest absolute Gasteiger partial charge is 0.179 e. The van der Waals surface area contributed by atoms with E-state index in [-0.39, 0.29) is 0 Å². The zero-order valence-corrected chi connectivity index (χ0v) is 13.3. The topological polar surface area (TPSA) is 38.5 Å². The Morgan fingerprint density at radius 1 is 1.42 bits per heavy atom. The summed E-state index contributed by atoms with van der Waals surface area (Å²) in [5.41, 5.74) is 3.23. The van der Waals surface area contributed by atoms with E-state index >= 15 is 0 Å². The van der Waals surface area contributed by atoms with Crippen molar-refractivity contribution in [3.8, 4) is 0 Å².